The number of hydrogen-bond donors (Lipinski definition) is 1. The van der Waals surface area contributed by atoms with Crippen LogP contribution in [-0.2, 0) is 12.0 Å². The quantitative estimate of drug-likeness (QED) is 0.797. The summed E-state index contributed by atoms with van der Waals surface area (Å²) >= 11 is 1.73. The van der Waals surface area contributed by atoms with Gasteiger partial charge in [-0.1, -0.05) is 19.9 Å². The molecule has 0 amide bonds. The molecule has 2 N–H and O–H groups in total. The lowest BCUT2D eigenvalue weighted by molar-refractivity contribution is 0.453. The maximum Gasteiger partial charge on any atom is 0.201 e. The minimum absolute atomic E-state index is 0.0513. The third-order valence-corrected chi connectivity index (χ3v) is 4.72. The second kappa shape index (κ2) is 4.59. The highest BCUT2D eigenvalue weighted by molar-refractivity contribution is 7.10. The number of nitrogens with zero attached hydrogens (tertiary/aromatic N) is 2. The van der Waals surface area contributed by atoms with Crippen LogP contribution < -0.4 is 5.73 Å². The third kappa shape index (κ3) is 2.18. The van der Waals surface area contributed by atoms with Gasteiger partial charge in [0.25, 0.3) is 0 Å². The Morgan fingerprint density at radius 3 is 2.85 bits per heavy atom. The van der Waals surface area contributed by atoms with Gasteiger partial charge in [0.1, 0.15) is 5.82 Å². The van der Waals surface area contributed by atoms with Gasteiger partial charge < -0.3 is 10.3 Å². The minimum atomic E-state index is -0.292. The topological polar surface area (TPSA) is 43.8 Å². The Bertz CT molecular complexity index is 744. The van der Waals surface area contributed by atoms with E-state index in [-0.39, 0.29) is 11.2 Å². The monoisotopic (exact) mass is 289 g/mol. The number of fused-ring (bicyclic) bond motifs is 1. The number of nitrogens with two attached hydrogens (primary N) is 1. The van der Waals surface area contributed by atoms with Crippen molar-refractivity contribution in [1.82, 2.24) is 9.55 Å². The largest absolute Gasteiger partial charge is 0.369 e. The van der Waals surface area contributed by atoms with E-state index in [4.69, 9.17) is 5.73 Å². The van der Waals surface area contributed by atoms with Gasteiger partial charge in [-0.15, -0.1) is 11.3 Å². The van der Waals surface area contributed by atoms with Crippen LogP contribution in [0.2, 0.25) is 0 Å². The van der Waals surface area contributed by atoms with Gasteiger partial charge in [-0.2, -0.15) is 0 Å². The number of rotatable bonds is 3. The molecule has 20 heavy (non-hydrogen) atoms. The predicted octanol–water partition coefficient (Wildman–Crippen LogP) is 3.80. The van der Waals surface area contributed by atoms with Crippen molar-refractivity contribution in [2.75, 3.05) is 5.73 Å². The fraction of sp³-hybridized carbons (Fsp3) is 0.267. The number of hydrogen-bond acceptors (Lipinski definition) is 3. The lowest BCUT2D eigenvalue weighted by atomic mass is 9.91. The molecule has 3 rings (SSSR count). The van der Waals surface area contributed by atoms with E-state index < -0.39 is 0 Å². The number of thiophene rings is 1. The highest BCUT2D eigenvalue weighted by Gasteiger charge is 2.24. The van der Waals surface area contributed by atoms with Crippen molar-refractivity contribution in [3.05, 3.63) is 46.4 Å². The number of imidazole rings is 1. The molecule has 3 aromatic rings. The van der Waals surface area contributed by atoms with Crippen molar-refractivity contribution in [2.24, 2.45) is 0 Å². The first-order chi connectivity index (χ1) is 9.47. The summed E-state index contributed by atoms with van der Waals surface area (Å²) in [6.45, 7) is 5.06. The second-order valence-corrected chi connectivity index (χ2v) is 6.50. The van der Waals surface area contributed by atoms with Crippen LogP contribution in [0.3, 0.4) is 0 Å². The van der Waals surface area contributed by atoms with Gasteiger partial charge in [-0.3, -0.25) is 0 Å². The number of benzene rings is 1. The molecular formula is C15H16FN3S. The van der Waals surface area contributed by atoms with Crippen LogP contribution in [0.25, 0.3) is 11.0 Å². The molecule has 2 heterocycles. The van der Waals surface area contributed by atoms with Crippen molar-refractivity contribution < 1.29 is 4.39 Å². The maximum atomic E-state index is 13.3. The molecule has 0 aliphatic carbocycles. The van der Waals surface area contributed by atoms with Crippen LogP contribution in [0.1, 0.15) is 18.7 Å². The van der Waals surface area contributed by atoms with E-state index in [1.165, 1.54) is 17.0 Å². The Hall–Kier alpha value is -1.88. The van der Waals surface area contributed by atoms with Crippen LogP contribution in [0.5, 0.6) is 0 Å². The van der Waals surface area contributed by atoms with Crippen LogP contribution in [0, 0.1) is 5.82 Å². The van der Waals surface area contributed by atoms with Crippen molar-refractivity contribution in [3.63, 3.8) is 0 Å². The zero-order valence-corrected chi connectivity index (χ0v) is 12.2. The number of anilines is 1. The lowest BCUT2D eigenvalue weighted by Crippen LogP contribution is -2.24. The van der Waals surface area contributed by atoms with Gasteiger partial charge in [0, 0.05) is 22.9 Å². The number of halogens is 1. The summed E-state index contributed by atoms with van der Waals surface area (Å²) in [5.41, 5.74) is 7.42. The molecule has 0 aliphatic heterocycles. The minimum Gasteiger partial charge on any atom is -0.369 e. The van der Waals surface area contributed by atoms with Gasteiger partial charge in [-0.25, -0.2) is 9.37 Å². The summed E-state index contributed by atoms with van der Waals surface area (Å²) in [6.07, 6.45) is 0. The molecule has 0 spiro atoms. The van der Waals surface area contributed by atoms with E-state index >= 15 is 0 Å². The number of aromatic nitrogens is 2. The normalized spacial score (nSPS) is 12.2. The molecule has 0 atom stereocenters. The fourth-order valence-corrected chi connectivity index (χ4v) is 3.27. The highest BCUT2D eigenvalue weighted by atomic mass is 32.1. The van der Waals surface area contributed by atoms with E-state index in [9.17, 15) is 4.39 Å². The van der Waals surface area contributed by atoms with Crippen molar-refractivity contribution in [1.29, 1.82) is 0 Å². The molecule has 0 saturated carbocycles. The smallest absolute Gasteiger partial charge is 0.201 e. The molecule has 0 bridgehead atoms. The van der Waals surface area contributed by atoms with Gasteiger partial charge >= 0.3 is 0 Å². The first kappa shape index (κ1) is 13.1. The van der Waals surface area contributed by atoms with E-state index in [0.29, 0.717) is 18.0 Å². The van der Waals surface area contributed by atoms with Crippen LogP contribution in [0.4, 0.5) is 10.3 Å². The molecule has 5 heteroatoms. The first-order valence-electron chi connectivity index (χ1n) is 6.43. The molecule has 0 fully saturated rings. The molecule has 0 radical (unpaired) electrons. The van der Waals surface area contributed by atoms with Crippen molar-refractivity contribution in [2.45, 2.75) is 25.8 Å². The molecule has 3 nitrogen and oxygen atoms in total. The average Bonchev–Trinajstić information content (AvgIpc) is 2.99. The molecular weight excluding hydrogens is 273 g/mol. The highest BCUT2D eigenvalue weighted by Crippen LogP contribution is 2.31. The first-order valence-corrected chi connectivity index (χ1v) is 7.30. The SMILES string of the molecule is CC(C)(Cn1c(N)nc2cc(F)ccc21)c1cccs1. The summed E-state index contributed by atoms with van der Waals surface area (Å²) in [5, 5.41) is 2.07. The Morgan fingerprint density at radius 1 is 1.35 bits per heavy atom. The van der Waals surface area contributed by atoms with Gasteiger partial charge in [0.2, 0.25) is 5.95 Å². The molecule has 1 aromatic carbocycles. The summed E-state index contributed by atoms with van der Waals surface area (Å²) in [4.78, 5) is 5.54. The Balaban J connectivity index is 2.05. The molecule has 0 saturated heterocycles. The van der Waals surface area contributed by atoms with Crippen LogP contribution in [-0.4, -0.2) is 9.55 Å². The summed E-state index contributed by atoms with van der Waals surface area (Å²) in [5.74, 6) is 0.134. The Kier molecular flexibility index (Phi) is 3.01. The molecule has 0 aliphatic rings. The van der Waals surface area contributed by atoms with Gasteiger partial charge in [-0.05, 0) is 23.6 Å². The lowest BCUT2D eigenvalue weighted by Gasteiger charge is -2.24. The van der Waals surface area contributed by atoms with Gasteiger partial charge in [0.15, 0.2) is 0 Å². The van der Waals surface area contributed by atoms with E-state index in [1.807, 2.05) is 10.6 Å². The summed E-state index contributed by atoms with van der Waals surface area (Å²) in [7, 11) is 0. The predicted molar refractivity (Wildman–Crippen MR) is 81.4 cm³/mol. The molecule has 0 unspecified atom stereocenters. The fourth-order valence-electron chi connectivity index (χ4n) is 2.42. The summed E-state index contributed by atoms with van der Waals surface area (Å²) in [6, 6.07) is 8.77. The Labute approximate surface area is 120 Å². The zero-order chi connectivity index (χ0) is 14.3. The standard InChI is InChI=1S/C15H16FN3S/c1-15(2,13-4-3-7-20-13)9-19-12-6-5-10(16)8-11(12)18-14(19)17/h3-8H,9H2,1-2H3,(H2,17,18). The van der Waals surface area contributed by atoms with E-state index in [2.05, 4.69) is 30.3 Å². The van der Waals surface area contributed by atoms with Crippen molar-refractivity contribution in [3.8, 4) is 0 Å². The second-order valence-electron chi connectivity index (χ2n) is 5.55. The van der Waals surface area contributed by atoms with E-state index in [1.54, 1.807) is 17.4 Å². The number of nitrogen functional groups attached to an aromatic ring is 1. The van der Waals surface area contributed by atoms with Crippen LogP contribution >= 0.6 is 11.3 Å². The molecule has 2 aromatic heterocycles. The van der Waals surface area contributed by atoms with E-state index in [0.717, 1.165) is 5.52 Å². The average molecular weight is 289 g/mol. The third-order valence-electron chi connectivity index (χ3n) is 3.48. The zero-order valence-electron chi connectivity index (χ0n) is 11.4. The maximum absolute atomic E-state index is 13.3. The van der Waals surface area contributed by atoms with Crippen molar-refractivity contribution >= 4 is 28.3 Å². The van der Waals surface area contributed by atoms with Crippen LogP contribution in [0.15, 0.2) is 35.7 Å². The summed E-state index contributed by atoms with van der Waals surface area (Å²) < 4.78 is 15.2. The molecule has 104 valence electrons. The van der Waals surface area contributed by atoms with Gasteiger partial charge in [0.05, 0.1) is 11.0 Å². The Morgan fingerprint density at radius 2 is 2.15 bits per heavy atom.